The lowest BCUT2D eigenvalue weighted by atomic mass is 10.2. The molecule has 7 nitrogen and oxygen atoms in total. The third kappa shape index (κ3) is 3.59. The van der Waals surface area contributed by atoms with Crippen LogP contribution in [0.2, 0.25) is 0 Å². The topological polar surface area (TPSA) is 93.1 Å². The molecule has 128 valence electrons. The Kier molecular flexibility index (Phi) is 5.48. The van der Waals surface area contributed by atoms with Crippen LogP contribution in [0.25, 0.3) is 0 Å². The third-order valence-electron chi connectivity index (χ3n) is 3.61. The zero-order valence-electron chi connectivity index (χ0n) is 13.2. The number of rotatable bonds is 7. The SMILES string of the molecule is CCOc1ccc(S(=O)(=O)N2CCC[C@@H]2C(=O)O)cc1OCC. The zero-order chi connectivity index (χ0) is 17.0. The standard InChI is InChI=1S/C15H21NO6S/c1-3-21-13-8-7-11(10-14(13)22-4-2)23(19,20)16-9-5-6-12(16)15(17)18/h7-8,10,12H,3-6,9H2,1-2H3,(H,17,18)/t12-/m1/s1. The molecule has 0 spiro atoms. The maximum Gasteiger partial charge on any atom is 0.322 e. The van der Waals surface area contributed by atoms with Crippen LogP contribution >= 0.6 is 0 Å². The molecule has 1 aromatic rings. The predicted octanol–water partition coefficient (Wildman–Crippen LogP) is 1.72. The summed E-state index contributed by atoms with van der Waals surface area (Å²) in [4.78, 5) is 11.3. The van der Waals surface area contributed by atoms with E-state index in [2.05, 4.69) is 0 Å². The van der Waals surface area contributed by atoms with E-state index in [1.54, 1.807) is 6.92 Å². The molecule has 0 unspecified atom stereocenters. The van der Waals surface area contributed by atoms with E-state index < -0.39 is 22.0 Å². The largest absolute Gasteiger partial charge is 0.490 e. The van der Waals surface area contributed by atoms with Crippen LogP contribution in [0.15, 0.2) is 23.1 Å². The maximum atomic E-state index is 12.7. The van der Waals surface area contributed by atoms with Crippen molar-refractivity contribution in [2.24, 2.45) is 0 Å². The minimum absolute atomic E-state index is 0.0116. The van der Waals surface area contributed by atoms with E-state index in [0.717, 1.165) is 4.31 Å². The summed E-state index contributed by atoms with van der Waals surface area (Å²) in [6.07, 6.45) is 0.857. The Labute approximate surface area is 135 Å². The summed E-state index contributed by atoms with van der Waals surface area (Å²) in [5, 5.41) is 9.20. The summed E-state index contributed by atoms with van der Waals surface area (Å²) < 4.78 is 37.4. The van der Waals surface area contributed by atoms with Crippen LogP contribution in [0.4, 0.5) is 0 Å². The Bertz CT molecular complexity index is 673. The van der Waals surface area contributed by atoms with Crippen LogP contribution < -0.4 is 9.47 Å². The molecule has 1 fully saturated rings. The number of hydrogen-bond acceptors (Lipinski definition) is 5. The zero-order valence-corrected chi connectivity index (χ0v) is 14.0. The fraction of sp³-hybridized carbons (Fsp3) is 0.533. The molecule has 2 rings (SSSR count). The smallest absolute Gasteiger partial charge is 0.322 e. The van der Waals surface area contributed by atoms with Crippen molar-refractivity contribution in [3.8, 4) is 11.5 Å². The van der Waals surface area contributed by atoms with E-state index in [9.17, 15) is 18.3 Å². The monoisotopic (exact) mass is 343 g/mol. The number of ether oxygens (including phenoxy) is 2. The molecule has 1 atom stereocenters. The molecule has 1 aliphatic heterocycles. The minimum Gasteiger partial charge on any atom is -0.490 e. The van der Waals surface area contributed by atoms with Crippen molar-refractivity contribution < 1.29 is 27.8 Å². The highest BCUT2D eigenvalue weighted by atomic mass is 32.2. The molecule has 1 aromatic carbocycles. The number of hydrogen-bond donors (Lipinski definition) is 1. The van der Waals surface area contributed by atoms with Crippen LogP contribution in [0.1, 0.15) is 26.7 Å². The van der Waals surface area contributed by atoms with Gasteiger partial charge in [-0.3, -0.25) is 4.79 Å². The van der Waals surface area contributed by atoms with Gasteiger partial charge in [0.1, 0.15) is 6.04 Å². The molecule has 1 saturated heterocycles. The van der Waals surface area contributed by atoms with E-state index in [1.807, 2.05) is 6.92 Å². The molecule has 0 amide bonds. The Hall–Kier alpha value is -1.80. The van der Waals surface area contributed by atoms with Crippen LogP contribution in [0, 0.1) is 0 Å². The Morgan fingerprint density at radius 1 is 1.26 bits per heavy atom. The van der Waals surface area contributed by atoms with E-state index in [1.165, 1.54) is 18.2 Å². The molecule has 8 heteroatoms. The number of carboxylic acid groups (broad SMARTS) is 1. The van der Waals surface area contributed by atoms with Gasteiger partial charge >= 0.3 is 5.97 Å². The quantitative estimate of drug-likeness (QED) is 0.810. The highest BCUT2D eigenvalue weighted by molar-refractivity contribution is 7.89. The van der Waals surface area contributed by atoms with Gasteiger partial charge in [0.25, 0.3) is 0 Å². The molecule has 1 N–H and O–H groups in total. The Morgan fingerprint density at radius 3 is 2.52 bits per heavy atom. The first kappa shape index (κ1) is 17.6. The van der Waals surface area contributed by atoms with Gasteiger partial charge in [0.15, 0.2) is 11.5 Å². The summed E-state index contributed by atoms with van der Waals surface area (Å²) >= 11 is 0. The average molecular weight is 343 g/mol. The van der Waals surface area contributed by atoms with Crippen LogP contribution in [0.3, 0.4) is 0 Å². The van der Waals surface area contributed by atoms with Gasteiger partial charge in [-0.2, -0.15) is 4.31 Å². The van der Waals surface area contributed by atoms with Gasteiger partial charge in [0, 0.05) is 12.6 Å². The molecule has 0 aliphatic carbocycles. The van der Waals surface area contributed by atoms with Crippen molar-refractivity contribution in [1.82, 2.24) is 4.31 Å². The fourth-order valence-electron chi connectivity index (χ4n) is 2.60. The van der Waals surface area contributed by atoms with Crippen molar-refractivity contribution in [3.63, 3.8) is 0 Å². The summed E-state index contributed by atoms with van der Waals surface area (Å²) in [6, 6.07) is 3.33. The molecular formula is C15H21NO6S. The predicted molar refractivity (Wildman–Crippen MR) is 83.3 cm³/mol. The van der Waals surface area contributed by atoms with E-state index in [-0.39, 0.29) is 11.4 Å². The lowest BCUT2D eigenvalue weighted by molar-refractivity contribution is -0.140. The lowest BCUT2D eigenvalue weighted by Gasteiger charge is -2.21. The second-order valence-corrected chi connectivity index (χ2v) is 6.98. The molecule has 0 bridgehead atoms. The van der Waals surface area contributed by atoms with Crippen molar-refractivity contribution in [2.75, 3.05) is 19.8 Å². The summed E-state index contributed by atoms with van der Waals surface area (Å²) in [7, 11) is -3.89. The van der Waals surface area contributed by atoms with Gasteiger partial charge in [0.2, 0.25) is 10.0 Å². The molecule has 0 radical (unpaired) electrons. The normalized spacial score (nSPS) is 18.8. The fourth-order valence-corrected chi connectivity index (χ4v) is 4.27. The second kappa shape index (κ2) is 7.18. The number of nitrogens with zero attached hydrogens (tertiary/aromatic N) is 1. The van der Waals surface area contributed by atoms with Gasteiger partial charge in [-0.1, -0.05) is 0 Å². The van der Waals surface area contributed by atoms with Crippen molar-refractivity contribution >= 4 is 16.0 Å². The van der Waals surface area contributed by atoms with Crippen LogP contribution in [-0.2, 0) is 14.8 Å². The van der Waals surface area contributed by atoms with Gasteiger partial charge < -0.3 is 14.6 Å². The van der Waals surface area contributed by atoms with Gasteiger partial charge in [-0.15, -0.1) is 0 Å². The van der Waals surface area contributed by atoms with Crippen LogP contribution in [0.5, 0.6) is 11.5 Å². The van der Waals surface area contributed by atoms with E-state index in [0.29, 0.717) is 37.6 Å². The van der Waals surface area contributed by atoms with E-state index in [4.69, 9.17) is 9.47 Å². The van der Waals surface area contributed by atoms with Crippen molar-refractivity contribution in [1.29, 1.82) is 0 Å². The highest BCUT2D eigenvalue weighted by Gasteiger charge is 2.39. The first-order valence-electron chi connectivity index (χ1n) is 7.56. The minimum atomic E-state index is -3.89. The summed E-state index contributed by atoms with van der Waals surface area (Å²) in [5.41, 5.74) is 0. The summed E-state index contributed by atoms with van der Waals surface area (Å²) in [5.74, 6) is -0.326. The molecule has 0 saturated carbocycles. The number of sulfonamides is 1. The Morgan fingerprint density at radius 2 is 1.91 bits per heavy atom. The third-order valence-corrected chi connectivity index (χ3v) is 5.51. The first-order chi connectivity index (χ1) is 10.9. The molecule has 1 heterocycles. The van der Waals surface area contributed by atoms with Gasteiger partial charge in [-0.05, 0) is 38.8 Å². The van der Waals surface area contributed by atoms with Crippen LogP contribution in [-0.4, -0.2) is 49.6 Å². The molecule has 0 aromatic heterocycles. The summed E-state index contributed by atoms with van der Waals surface area (Å²) in [6.45, 7) is 4.61. The number of carboxylic acids is 1. The van der Waals surface area contributed by atoms with Crippen molar-refractivity contribution in [3.05, 3.63) is 18.2 Å². The van der Waals surface area contributed by atoms with Gasteiger partial charge in [0.05, 0.1) is 18.1 Å². The number of carbonyl (C=O) groups is 1. The lowest BCUT2D eigenvalue weighted by Crippen LogP contribution is -2.40. The number of benzene rings is 1. The van der Waals surface area contributed by atoms with E-state index >= 15 is 0 Å². The number of aliphatic carboxylic acids is 1. The average Bonchev–Trinajstić information content (AvgIpc) is 3.00. The van der Waals surface area contributed by atoms with Crippen molar-refractivity contribution in [2.45, 2.75) is 37.6 Å². The maximum absolute atomic E-state index is 12.7. The Balaban J connectivity index is 2.39. The second-order valence-electron chi connectivity index (χ2n) is 5.09. The highest BCUT2D eigenvalue weighted by Crippen LogP contribution is 2.33. The van der Waals surface area contributed by atoms with Gasteiger partial charge in [-0.25, -0.2) is 8.42 Å². The molecule has 23 heavy (non-hydrogen) atoms. The molecule has 1 aliphatic rings. The molecular weight excluding hydrogens is 322 g/mol. The first-order valence-corrected chi connectivity index (χ1v) is 9.00.